The number of methoxy groups -OCH3 is 1. The van der Waals surface area contributed by atoms with Crippen molar-refractivity contribution in [2.45, 2.75) is 58.0 Å². The van der Waals surface area contributed by atoms with Crippen molar-refractivity contribution in [1.82, 2.24) is 5.32 Å². The molecule has 6 nitrogen and oxygen atoms in total. The van der Waals surface area contributed by atoms with E-state index in [1.54, 1.807) is 14.0 Å². The van der Waals surface area contributed by atoms with Crippen molar-refractivity contribution in [3.05, 3.63) is 0 Å². The number of carbonyl (C=O) groups excluding carboxylic acids is 1. The fraction of sp³-hybridized carbons (Fsp3) is 0.857. The van der Waals surface area contributed by atoms with Crippen LogP contribution in [0, 0.1) is 5.92 Å². The summed E-state index contributed by atoms with van der Waals surface area (Å²) < 4.78 is 4.91. The van der Waals surface area contributed by atoms with Crippen LogP contribution in [0.4, 0.5) is 0 Å². The minimum Gasteiger partial charge on any atom is -0.481 e. The zero-order chi connectivity index (χ0) is 15.5. The van der Waals surface area contributed by atoms with Gasteiger partial charge in [0.05, 0.1) is 12.0 Å². The molecule has 0 aliphatic heterocycles. The van der Waals surface area contributed by atoms with Gasteiger partial charge in [-0.25, -0.2) is 0 Å². The van der Waals surface area contributed by atoms with Gasteiger partial charge in [-0.15, -0.1) is 0 Å². The van der Waals surface area contributed by atoms with Gasteiger partial charge < -0.3 is 20.9 Å². The second kappa shape index (κ2) is 10.6. The Hall–Kier alpha value is -1.14. The number of amides is 1. The first-order valence-corrected chi connectivity index (χ1v) is 7.16. The van der Waals surface area contributed by atoms with E-state index in [0.717, 1.165) is 19.3 Å². The Balaban J connectivity index is 3.81. The number of ether oxygens (including phenoxy) is 1. The first-order valence-electron chi connectivity index (χ1n) is 7.16. The number of carbonyl (C=O) groups is 2. The van der Waals surface area contributed by atoms with E-state index in [0.29, 0.717) is 19.4 Å². The fourth-order valence-electron chi connectivity index (χ4n) is 1.85. The topological polar surface area (TPSA) is 102 Å². The molecule has 0 saturated carbocycles. The van der Waals surface area contributed by atoms with E-state index in [2.05, 4.69) is 5.32 Å². The summed E-state index contributed by atoms with van der Waals surface area (Å²) in [6.45, 7) is 4.20. The molecule has 0 spiro atoms. The molecule has 0 rings (SSSR count). The summed E-state index contributed by atoms with van der Waals surface area (Å²) in [4.78, 5) is 22.5. The van der Waals surface area contributed by atoms with Crippen LogP contribution in [0.1, 0.15) is 46.0 Å². The summed E-state index contributed by atoms with van der Waals surface area (Å²) in [5.41, 5.74) is 5.78. The van der Waals surface area contributed by atoms with Crippen molar-refractivity contribution in [3.8, 4) is 0 Å². The maximum absolute atomic E-state index is 11.8. The van der Waals surface area contributed by atoms with Crippen molar-refractivity contribution in [2.24, 2.45) is 11.7 Å². The SMILES string of the molecule is COCCCC(N)C(=O)NC(C)CCCC(C)C(=O)O. The monoisotopic (exact) mass is 288 g/mol. The third-order valence-corrected chi connectivity index (χ3v) is 3.28. The van der Waals surface area contributed by atoms with E-state index in [1.165, 1.54) is 0 Å². The van der Waals surface area contributed by atoms with Crippen LogP contribution in [0.5, 0.6) is 0 Å². The molecule has 0 aliphatic carbocycles. The number of aliphatic carboxylic acids is 1. The number of rotatable bonds is 11. The maximum atomic E-state index is 11.8. The van der Waals surface area contributed by atoms with Gasteiger partial charge in [-0.3, -0.25) is 9.59 Å². The molecule has 0 bridgehead atoms. The normalized spacial score (nSPS) is 15.4. The lowest BCUT2D eigenvalue weighted by Gasteiger charge is -2.18. The molecule has 6 heteroatoms. The molecule has 3 atom stereocenters. The molecule has 0 aliphatic rings. The lowest BCUT2D eigenvalue weighted by Crippen LogP contribution is -2.44. The van der Waals surface area contributed by atoms with Crippen LogP contribution in [-0.2, 0) is 14.3 Å². The number of nitrogens with two attached hydrogens (primary N) is 1. The Kier molecular flexibility index (Phi) is 10.0. The Labute approximate surface area is 121 Å². The number of carboxylic acids is 1. The Bertz CT molecular complexity index is 297. The van der Waals surface area contributed by atoms with Gasteiger partial charge in [0.25, 0.3) is 0 Å². The molecule has 1 amide bonds. The standard InChI is InChI=1S/C14H28N2O4/c1-10(14(18)19)6-4-7-11(2)16-13(17)12(15)8-5-9-20-3/h10-12H,4-9,15H2,1-3H3,(H,16,17)(H,18,19). The van der Waals surface area contributed by atoms with Gasteiger partial charge >= 0.3 is 5.97 Å². The third kappa shape index (κ3) is 8.87. The number of hydrogen-bond donors (Lipinski definition) is 3. The molecule has 0 radical (unpaired) electrons. The summed E-state index contributed by atoms with van der Waals surface area (Å²) in [6.07, 6.45) is 3.51. The summed E-state index contributed by atoms with van der Waals surface area (Å²) in [5.74, 6) is -1.27. The van der Waals surface area contributed by atoms with E-state index in [-0.39, 0.29) is 17.9 Å². The highest BCUT2D eigenvalue weighted by atomic mass is 16.5. The smallest absolute Gasteiger partial charge is 0.306 e. The maximum Gasteiger partial charge on any atom is 0.306 e. The molecular weight excluding hydrogens is 260 g/mol. The molecule has 0 heterocycles. The van der Waals surface area contributed by atoms with Gasteiger partial charge in [0.2, 0.25) is 5.91 Å². The first-order chi connectivity index (χ1) is 9.38. The van der Waals surface area contributed by atoms with Gasteiger partial charge in [-0.1, -0.05) is 13.3 Å². The van der Waals surface area contributed by atoms with Crippen molar-refractivity contribution < 1.29 is 19.4 Å². The lowest BCUT2D eigenvalue weighted by molar-refractivity contribution is -0.141. The van der Waals surface area contributed by atoms with Crippen molar-refractivity contribution in [2.75, 3.05) is 13.7 Å². The molecule has 0 aromatic rings. The molecule has 4 N–H and O–H groups in total. The predicted molar refractivity (Wildman–Crippen MR) is 77.3 cm³/mol. The highest BCUT2D eigenvalue weighted by molar-refractivity contribution is 5.81. The minimum absolute atomic E-state index is 0.0111. The summed E-state index contributed by atoms with van der Waals surface area (Å²) in [7, 11) is 1.62. The Morgan fingerprint density at radius 2 is 1.85 bits per heavy atom. The van der Waals surface area contributed by atoms with Crippen LogP contribution in [-0.4, -0.2) is 42.8 Å². The van der Waals surface area contributed by atoms with Crippen molar-refractivity contribution >= 4 is 11.9 Å². The number of carboxylic acid groups (broad SMARTS) is 1. The molecular formula is C14H28N2O4. The van der Waals surface area contributed by atoms with E-state index in [4.69, 9.17) is 15.6 Å². The second-order valence-electron chi connectivity index (χ2n) is 5.32. The lowest BCUT2D eigenvalue weighted by atomic mass is 10.0. The zero-order valence-electron chi connectivity index (χ0n) is 12.7. The molecule has 3 unspecified atom stereocenters. The van der Waals surface area contributed by atoms with Gasteiger partial charge in [0.1, 0.15) is 0 Å². The predicted octanol–water partition coefficient (Wildman–Crippen LogP) is 1.14. The average molecular weight is 288 g/mol. The highest BCUT2D eigenvalue weighted by Gasteiger charge is 2.16. The van der Waals surface area contributed by atoms with E-state index < -0.39 is 12.0 Å². The van der Waals surface area contributed by atoms with Gasteiger partial charge in [0, 0.05) is 19.8 Å². The number of nitrogens with one attached hydrogen (secondary N) is 1. The summed E-state index contributed by atoms with van der Waals surface area (Å²) >= 11 is 0. The number of hydrogen-bond acceptors (Lipinski definition) is 4. The zero-order valence-corrected chi connectivity index (χ0v) is 12.7. The Morgan fingerprint density at radius 1 is 1.20 bits per heavy atom. The van der Waals surface area contributed by atoms with Gasteiger partial charge in [0.15, 0.2) is 0 Å². The highest BCUT2D eigenvalue weighted by Crippen LogP contribution is 2.09. The van der Waals surface area contributed by atoms with Gasteiger partial charge in [-0.2, -0.15) is 0 Å². The van der Waals surface area contributed by atoms with Gasteiger partial charge in [-0.05, 0) is 32.6 Å². The molecule has 0 aromatic heterocycles. The van der Waals surface area contributed by atoms with Crippen LogP contribution in [0.25, 0.3) is 0 Å². The summed E-state index contributed by atoms with van der Waals surface area (Å²) in [5, 5.41) is 11.6. The fourth-order valence-corrected chi connectivity index (χ4v) is 1.85. The van der Waals surface area contributed by atoms with Crippen molar-refractivity contribution in [1.29, 1.82) is 0 Å². The minimum atomic E-state index is -0.776. The third-order valence-electron chi connectivity index (χ3n) is 3.28. The van der Waals surface area contributed by atoms with Crippen molar-refractivity contribution in [3.63, 3.8) is 0 Å². The van der Waals surface area contributed by atoms with Crippen LogP contribution >= 0.6 is 0 Å². The second-order valence-corrected chi connectivity index (χ2v) is 5.32. The average Bonchev–Trinajstić information content (AvgIpc) is 2.38. The van der Waals surface area contributed by atoms with E-state index in [9.17, 15) is 9.59 Å². The summed E-state index contributed by atoms with van der Waals surface area (Å²) in [6, 6.07) is -0.498. The van der Waals surface area contributed by atoms with E-state index >= 15 is 0 Å². The Morgan fingerprint density at radius 3 is 2.40 bits per heavy atom. The molecule has 0 aromatic carbocycles. The van der Waals surface area contributed by atoms with Crippen LogP contribution in [0.15, 0.2) is 0 Å². The first kappa shape index (κ1) is 18.9. The largest absolute Gasteiger partial charge is 0.481 e. The quantitative estimate of drug-likeness (QED) is 0.495. The van der Waals surface area contributed by atoms with Crippen LogP contribution in [0.3, 0.4) is 0 Å². The molecule has 118 valence electrons. The molecule has 0 fully saturated rings. The van der Waals surface area contributed by atoms with E-state index in [1.807, 2.05) is 6.92 Å². The molecule has 0 saturated heterocycles. The molecule has 20 heavy (non-hydrogen) atoms. The van der Waals surface area contributed by atoms with Crippen LogP contribution in [0.2, 0.25) is 0 Å². The van der Waals surface area contributed by atoms with Crippen LogP contribution < -0.4 is 11.1 Å².